The van der Waals surface area contributed by atoms with Gasteiger partial charge in [0.2, 0.25) is 17.8 Å². The zero-order valence-corrected chi connectivity index (χ0v) is 28.9. The molecule has 1 aromatic heterocycles. The predicted molar refractivity (Wildman–Crippen MR) is 191 cm³/mol. The number of carbonyl (C=O) groups excluding carboxylic acids is 5. The number of hydrogen-bond acceptors (Lipinski definition) is 12. The first-order chi connectivity index (χ1) is 25.2. The van der Waals surface area contributed by atoms with Crippen LogP contribution in [0.2, 0.25) is 0 Å². The molecule has 5 amide bonds. The first kappa shape index (κ1) is 33.7. The standard InChI is InChI=1S/C37H42N10O5/c38-32(49)31-33(41-37(43-42-31)45-14-2-1-3-15-45)39-25-6-4-23(5-7-25)24-12-16-44(17-13-24)19-22-20-46(21-22)26-8-9-27-28(18-26)36(52)47(35(27)51)29-10-11-30(48)40-34(29)50/h4-9,18,22,24,29H,1-3,10-17,19-21H2,(H2,38,49)(H,39,41,43)(H,40,48,50). The van der Waals surface area contributed by atoms with E-state index in [0.29, 0.717) is 34.7 Å². The second-order valence-corrected chi connectivity index (χ2v) is 14.5. The number of benzene rings is 2. The normalized spacial score (nSPS) is 21.6. The lowest BCUT2D eigenvalue weighted by molar-refractivity contribution is -0.136. The minimum Gasteiger partial charge on any atom is -0.371 e. The number of nitrogens with two attached hydrogens (primary N) is 1. The lowest BCUT2D eigenvalue weighted by atomic mass is 9.88. The Kier molecular flexibility index (Phi) is 9.03. The monoisotopic (exact) mass is 706 g/mol. The molecular weight excluding hydrogens is 664 g/mol. The molecule has 1 unspecified atom stereocenters. The van der Waals surface area contributed by atoms with Gasteiger partial charge in [0, 0.05) is 56.4 Å². The van der Waals surface area contributed by atoms with Gasteiger partial charge in [0.15, 0.2) is 11.5 Å². The highest BCUT2D eigenvalue weighted by Gasteiger charge is 2.45. The third kappa shape index (κ3) is 6.56. The lowest BCUT2D eigenvalue weighted by Crippen LogP contribution is -2.54. The van der Waals surface area contributed by atoms with Crippen molar-refractivity contribution in [3.8, 4) is 0 Å². The average molecular weight is 707 g/mol. The maximum atomic E-state index is 13.2. The van der Waals surface area contributed by atoms with E-state index in [-0.39, 0.29) is 18.5 Å². The van der Waals surface area contributed by atoms with Gasteiger partial charge in [-0.3, -0.25) is 34.2 Å². The van der Waals surface area contributed by atoms with Gasteiger partial charge in [-0.1, -0.05) is 12.1 Å². The van der Waals surface area contributed by atoms with Gasteiger partial charge in [-0.15, -0.1) is 10.2 Å². The summed E-state index contributed by atoms with van der Waals surface area (Å²) in [5, 5.41) is 13.7. The zero-order chi connectivity index (χ0) is 35.9. The van der Waals surface area contributed by atoms with Crippen molar-refractivity contribution in [2.75, 3.05) is 60.9 Å². The van der Waals surface area contributed by atoms with Gasteiger partial charge in [0.05, 0.1) is 11.1 Å². The Morgan fingerprint density at radius 3 is 2.29 bits per heavy atom. The van der Waals surface area contributed by atoms with Gasteiger partial charge in [0.1, 0.15) is 6.04 Å². The second kappa shape index (κ2) is 13.9. The van der Waals surface area contributed by atoms with Gasteiger partial charge in [-0.25, -0.2) is 0 Å². The molecule has 5 aliphatic heterocycles. The van der Waals surface area contributed by atoms with Crippen molar-refractivity contribution in [3.05, 3.63) is 64.8 Å². The Bertz CT molecular complexity index is 1920. The van der Waals surface area contributed by atoms with Crippen molar-refractivity contribution in [2.45, 2.75) is 56.9 Å². The molecular formula is C37H42N10O5. The fourth-order valence-electron chi connectivity index (χ4n) is 8.14. The number of fused-ring (bicyclic) bond motifs is 1. The van der Waals surface area contributed by atoms with Crippen molar-refractivity contribution in [1.29, 1.82) is 0 Å². The summed E-state index contributed by atoms with van der Waals surface area (Å²) >= 11 is 0. The van der Waals surface area contributed by atoms with Gasteiger partial charge < -0.3 is 25.8 Å². The average Bonchev–Trinajstić information content (AvgIpc) is 3.38. The van der Waals surface area contributed by atoms with Crippen LogP contribution < -0.4 is 26.2 Å². The van der Waals surface area contributed by atoms with E-state index in [1.807, 2.05) is 18.2 Å². The summed E-state index contributed by atoms with van der Waals surface area (Å²) in [7, 11) is 0. The lowest BCUT2D eigenvalue weighted by Gasteiger charge is -2.44. The fourth-order valence-corrected chi connectivity index (χ4v) is 8.14. The smallest absolute Gasteiger partial charge is 0.273 e. The highest BCUT2D eigenvalue weighted by molar-refractivity contribution is 6.23. The highest BCUT2D eigenvalue weighted by atomic mass is 16.2. The van der Waals surface area contributed by atoms with Crippen LogP contribution in [0.15, 0.2) is 42.5 Å². The summed E-state index contributed by atoms with van der Waals surface area (Å²) in [6, 6.07) is 12.6. The molecule has 3 aromatic rings. The van der Waals surface area contributed by atoms with Crippen LogP contribution in [-0.4, -0.2) is 106 Å². The molecule has 52 heavy (non-hydrogen) atoms. The maximum absolute atomic E-state index is 13.2. The number of rotatable bonds is 9. The quantitative estimate of drug-likeness (QED) is 0.276. The van der Waals surface area contributed by atoms with Crippen LogP contribution >= 0.6 is 0 Å². The van der Waals surface area contributed by atoms with E-state index in [1.165, 1.54) is 12.0 Å². The van der Waals surface area contributed by atoms with Crippen LogP contribution in [-0.2, 0) is 9.59 Å². The minimum absolute atomic E-state index is 0.0176. The maximum Gasteiger partial charge on any atom is 0.273 e. The zero-order valence-electron chi connectivity index (χ0n) is 28.9. The first-order valence-corrected chi connectivity index (χ1v) is 18.2. The summed E-state index contributed by atoms with van der Waals surface area (Å²) in [4.78, 5) is 74.8. The van der Waals surface area contributed by atoms with Gasteiger partial charge in [0.25, 0.3) is 17.7 Å². The molecule has 15 nitrogen and oxygen atoms in total. The number of hydrogen-bond donors (Lipinski definition) is 3. The fraction of sp³-hybridized carbons (Fsp3) is 0.459. The number of primary amides is 1. The molecule has 15 heteroatoms. The van der Waals surface area contributed by atoms with Crippen LogP contribution in [0.3, 0.4) is 0 Å². The number of nitrogens with one attached hydrogen (secondary N) is 2. The summed E-state index contributed by atoms with van der Waals surface area (Å²) in [5.74, 6) is -0.861. The molecule has 6 heterocycles. The van der Waals surface area contributed by atoms with E-state index in [4.69, 9.17) is 5.73 Å². The van der Waals surface area contributed by atoms with Crippen molar-refractivity contribution in [2.24, 2.45) is 11.7 Å². The number of anilines is 4. The van der Waals surface area contributed by atoms with E-state index in [2.05, 4.69) is 52.6 Å². The van der Waals surface area contributed by atoms with Crippen LogP contribution in [0.25, 0.3) is 0 Å². The number of nitrogens with zero attached hydrogens (tertiary/aromatic N) is 7. The molecule has 270 valence electrons. The molecule has 4 fully saturated rings. The third-order valence-corrected chi connectivity index (χ3v) is 11.0. The number of imide groups is 2. The topological polar surface area (TPSA) is 187 Å². The van der Waals surface area contributed by atoms with E-state index in [1.54, 1.807) is 12.1 Å². The first-order valence-electron chi connectivity index (χ1n) is 18.2. The molecule has 0 spiro atoms. The minimum atomic E-state index is -0.966. The molecule has 1 atom stereocenters. The molecule has 0 saturated carbocycles. The largest absolute Gasteiger partial charge is 0.371 e. The van der Waals surface area contributed by atoms with Crippen LogP contribution in [0.1, 0.15) is 87.6 Å². The van der Waals surface area contributed by atoms with E-state index < -0.39 is 35.6 Å². The highest BCUT2D eigenvalue weighted by Crippen LogP contribution is 2.35. The molecule has 0 aliphatic carbocycles. The predicted octanol–water partition coefficient (Wildman–Crippen LogP) is 2.42. The van der Waals surface area contributed by atoms with Crippen LogP contribution in [0, 0.1) is 5.92 Å². The Morgan fingerprint density at radius 1 is 0.846 bits per heavy atom. The van der Waals surface area contributed by atoms with Crippen LogP contribution in [0.5, 0.6) is 0 Å². The third-order valence-electron chi connectivity index (χ3n) is 11.0. The van der Waals surface area contributed by atoms with Crippen molar-refractivity contribution < 1.29 is 24.0 Å². The Labute approximate surface area is 300 Å². The SMILES string of the molecule is NC(=O)c1nnc(N2CCCCC2)nc1Nc1ccc(C2CCN(CC3CN(c4ccc5c(c4)C(=O)N(C4CCC(=O)NC4=O)C5=O)C3)CC2)cc1. The molecule has 0 bridgehead atoms. The summed E-state index contributed by atoms with van der Waals surface area (Å²) in [5.41, 5.74) is 9.18. The summed E-state index contributed by atoms with van der Waals surface area (Å²) in [6.45, 7) is 6.49. The number of aromatic nitrogens is 3. The summed E-state index contributed by atoms with van der Waals surface area (Å²) in [6.07, 6.45) is 5.70. The number of carbonyl (C=O) groups is 5. The van der Waals surface area contributed by atoms with Gasteiger partial charge >= 0.3 is 0 Å². The van der Waals surface area contributed by atoms with E-state index in [9.17, 15) is 24.0 Å². The molecule has 2 aromatic carbocycles. The van der Waals surface area contributed by atoms with Crippen molar-refractivity contribution in [3.63, 3.8) is 0 Å². The molecule has 4 N–H and O–H groups in total. The molecule has 5 aliphatic rings. The van der Waals surface area contributed by atoms with Crippen molar-refractivity contribution >= 4 is 52.7 Å². The van der Waals surface area contributed by atoms with Crippen molar-refractivity contribution in [1.82, 2.24) is 30.3 Å². The van der Waals surface area contributed by atoms with E-state index >= 15 is 0 Å². The Balaban J connectivity index is 0.820. The molecule has 4 saturated heterocycles. The Hall–Kier alpha value is -5.44. The van der Waals surface area contributed by atoms with Gasteiger partial charge in [-0.2, -0.15) is 4.98 Å². The summed E-state index contributed by atoms with van der Waals surface area (Å²) < 4.78 is 0. The Morgan fingerprint density at radius 2 is 1.58 bits per heavy atom. The number of amides is 5. The number of piperidine rings is 3. The molecule has 8 rings (SSSR count). The molecule has 0 radical (unpaired) electrons. The second-order valence-electron chi connectivity index (χ2n) is 14.5. The number of likely N-dealkylation sites (tertiary alicyclic amines) is 1. The van der Waals surface area contributed by atoms with E-state index in [0.717, 1.165) is 87.8 Å². The van der Waals surface area contributed by atoms with Gasteiger partial charge in [-0.05, 0) is 93.4 Å². The van der Waals surface area contributed by atoms with Crippen LogP contribution in [0.4, 0.5) is 23.1 Å².